The molecule has 3 N–H and O–H groups in total. The van der Waals surface area contributed by atoms with E-state index in [1.54, 1.807) is 0 Å². The highest BCUT2D eigenvalue weighted by Crippen LogP contribution is 2.22. The highest BCUT2D eigenvalue weighted by molar-refractivity contribution is 5.69. The molecule has 0 bridgehead atoms. The summed E-state index contributed by atoms with van der Waals surface area (Å²) in [6.07, 6.45) is 0.841. The fraction of sp³-hybridized carbons (Fsp3) is 0.615. The fourth-order valence-electron chi connectivity index (χ4n) is 2.90. The number of aliphatic hydroxyl groups is 2. The Balaban J connectivity index is 2.13. The van der Waals surface area contributed by atoms with E-state index in [-0.39, 0.29) is 17.7 Å². The molecule has 1 saturated heterocycles. The summed E-state index contributed by atoms with van der Waals surface area (Å²) in [6.45, 7) is 0.913. The molecule has 3 rings (SSSR count). The first-order chi connectivity index (χ1) is 10.3. The van der Waals surface area contributed by atoms with Crippen LogP contribution in [0.3, 0.4) is 0 Å². The van der Waals surface area contributed by atoms with Crippen LogP contribution in [0.4, 0.5) is 0 Å². The Morgan fingerprint density at radius 3 is 2.82 bits per heavy atom. The summed E-state index contributed by atoms with van der Waals surface area (Å²) < 4.78 is 3.80. The average Bonchev–Trinajstić information content (AvgIpc) is 2.89. The van der Waals surface area contributed by atoms with Crippen molar-refractivity contribution in [3.8, 4) is 0 Å². The average molecular weight is 309 g/mol. The molecule has 0 aromatic carbocycles. The summed E-state index contributed by atoms with van der Waals surface area (Å²) in [4.78, 5) is 28.3. The first-order valence-corrected chi connectivity index (χ1v) is 7.07. The van der Waals surface area contributed by atoms with Crippen LogP contribution in [0.25, 0.3) is 11.2 Å². The number of nitrogens with one attached hydrogen (secondary N) is 1. The third-order valence-corrected chi connectivity index (χ3v) is 4.35. The third kappa shape index (κ3) is 2.09. The van der Waals surface area contributed by atoms with Crippen molar-refractivity contribution in [1.29, 1.82) is 0 Å². The molecule has 0 unspecified atom stereocenters. The number of aromatic nitrogens is 4. The normalized spacial score (nSPS) is 25.7. The van der Waals surface area contributed by atoms with Crippen molar-refractivity contribution >= 4 is 11.2 Å². The zero-order valence-electron chi connectivity index (χ0n) is 12.5. The van der Waals surface area contributed by atoms with Crippen LogP contribution in [-0.2, 0) is 20.6 Å². The van der Waals surface area contributed by atoms with E-state index in [9.17, 15) is 19.8 Å². The van der Waals surface area contributed by atoms with Crippen molar-refractivity contribution in [2.45, 2.75) is 24.7 Å². The van der Waals surface area contributed by atoms with Crippen LogP contribution in [0.1, 0.15) is 6.42 Å². The van der Waals surface area contributed by atoms with Crippen molar-refractivity contribution in [2.24, 2.45) is 14.1 Å². The lowest BCUT2D eigenvalue weighted by atomic mass is 9.89. The van der Waals surface area contributed by atoms with Crippen molar-refractivity contribution in [1.82, 2.24) is 24.0 Å². The number of hydrogen-bond donors (Lipinski definition) is 3. The number of hydrogen-bond acceptors (Lipinski definition) is 6. The van der Waals surface area contributed by atoms with Crippen LogP contribution < -0.4 is 16.6 Å². The van der Waals surface area contributed by atoms with Gasteiger partial charge in [-0.1, -0.05) is 0 Å². The first kappa shape index (κ1) is 14.9. The number of fused-ring (bicyclic) bond motifs is 1. The zero-order valence-corrected chi connectivity index (χ0v) is 12.5. The van der Waals surface area contributed by atoms with Crippen molar-refractivity contribution in [2.75, 3.05) is 13.1 Å². The van der Waals surface area contributed by atoms with E-state index < -0.39 is 23.0 Å². The van der Waals surface area contributed by atoms with Gasteiger partial charge < -0.3 is 20.1 Å². The van der Waals surface area contributed by atoms with Crippen LogP contribution in [0.5, 0.6) is 0 Å². The Bertz CT molecular complexity index is 835. The maximum atomic E-state index is 12.3. The van der Waals surface area contributed by atoms with Crippen molar-refractivity contribution in [3.05, 3.63) is 27.2 Å². The highest BCUT2D eigenvalue weighted by Gasteiger charge is 2.38. The Hall–Kier alpha value is -1.97. The first-order valence-electron chi connectivity index (χ1n) is 7.07. The van der Waals surface area contributed by atoms with Gasteiger partial charge in [0, 0.05) is 20.6 Å². The lowest BCUT2D eigenvalue weighted by Gasteiger charge is -2.37. The van der Waals surface area contributed by atoms with Crippen LogP contribution in [0, 0.1) is 0 Å². The monoisotopic (exact) mass is 309 g/mol. The summed E-state index contributed by atoms with van der Waals surface area (Å²) in [5.41, 5.74) is -1.76. The van der Waals surface area contributed by atoms with Crippen LogP contribution >= 0.6 is 0 Å². The molecule has 2 aromatic heterocycles. The number of aliphatic hydroxyl groups excluding tert-OH is 1. The zero-order chi connectivity index (χ0) is 16.1. The van der Waals surface area contributed by atoms with E-state index in [0.717, 1.165) is 4.57 Å². The quantitative estimate of drug-likeness (QED) is 0.566. The topological polar surface area (TPSA) is 114 Å². The maximum Gasteiger partial charge on any atom is 0.332 e. The molecule has 1 fully saturated rings. The standard InChI is InChI=1S/C13H19N5O4/c1-16-10-9(11(20)17(2)12(16)21)18(7-15-10)6-13(22)3-4-14-5-8(13)19/h7-8,14,19,22H,3-6H2,1-2H3/t8-,13-/m1/s1. The molecular weight excluding hydrogens is 290 g/mol. The second kappa shape index (κ2) is 5.04. The molecule has 2 aromatic rings. The summed E-state index contributed by atoms with van der Waals surface area (Å²) in [7, 11) is 2.94. The van der Waals surface area contributed by atoms with Gasteiger partial charge in [0.25, 0.3) is 5.56 Å². The maximum absolute atomic E-state index is 12.3. The third-order valence-electron chi connectivity index (χ3n) is 4.35. The molecule has 2 atom stereocenters. The molecule has 0 amide bonds. The number of piperidine rings is 1. The number of imidazole rings is 1. The van der Waals surface area contributed by atoms with Crippen molar-refractivity contribution < 1.29 is 10.2 Å². The lowest BCUT2D eigenvalue weighted by Crippen LogP contribution is -2.56. The predicted octanol–water partition coefficient (Wildman–Crippen LogP) is -2.48. The number of nitrogens with zero attached hydrogens (tertiary/aromatic N) is 4. The Labute approximate surface area is 125 Å². The fourth-order valence-corrected chi connectivity index (χ4v) is 2.90. The van der Waals surface area contributed by atoms with Crippen LogP contribution in [0.15, 0.2) is 15.9 Å². The van der Waals surface area contributed by atoms with Gasteiger partial charge in [0.2, 0.25) is 0 Å². The molecule has 0 spiro atoms. The minimum absolute atomic E-state index is 0.0415. The lowest BCUT2D eigenvalue weighted by molar-refractivity contribution is -0.101. The SMILES string of the molecule is Cn1c(=O)c2c(ncn2C[C@]2(O)CCNC[C@H]2O)n(C)c1=O. The largest absolute Gasteiger partial charge is 0.389 e. The van der Waals surface area contributed by atoms with Gasteiger partial charge in [0.05, 0.1) is 19.0 Å². The van der Waals surface area contributed by atoms with E-state index in [1.807, 2.05) is 0 Å². The molecule has 0 radical (unpaired) electrons. The summed E-state index contributed by atoms with van der Waals surface area (Å²) in [5, 5.41) is 23.7. The van der Waals surface area contributed by atoms with Gasteiger partial charge in [0.15, 0.2) is 11.2 Å². The van der Waals surface area contributed by atoms with Gasteiger partial charge >= 0.3 is 5.69 Å². The number of aryl methyl sites for hydroxylation is 1. The van der Waals surface area contributed by atoms with Crippen LogP contribution in [-0.4, -0.2) is 53.7 Å². The molecule has 3 heterocycles. The van der Waals surface area contributed by atoms with E-state index in [0.29, 0.717) is 19.5 Å². The predicted molar refractivity (Wildman–Crippen MR) is 78.7 cm³/mol. The molecular formula is C13H19N5O4. The smallest absolute Gasteiger partial charge is 0.332 e. The van der Waals surface area contributed by atoms with Gasteiger partial charge in [-0.05, 0) is 13.0 Å². The molecule has 22 heavy (non-hydrogen) atoms. The van der Waals surface area contributed by atoms with Gasteiger partial charge in [0.1, 0.15) is 5.60 Å². The summed E-state index contributed by atoms with van der Waals surface area (Å²) in [6, 6.07) is 0. The molecule has 9 heteroatoms. The number of rotatable bonds is 2. The second-order valence-electron chi connectivity index (χ2n) is 5.82. The van der Waals surface area contributed by atoms with E-state index in [1.165, 1.54) is 29.6 Å². The Morgan fingerprint density at radius 1 is 1.41 bits per heavy atom. The summed E-state index contributed by atoms with van der Waals surface area (Å²) in [5.74, 6) is 0. The van der Waals surface area contributed by atoms with Gasteiger partial charge in [-0.15, -0.1) is 0 Å². The van der Waals surface area contributed by atoms with E-state index in [2.05, 4.69) is 10.3 Å². The molecule has 1 aliphatic heterocycles. The molecule has 9 nitrogen and oxygen atoms in total. The highest BCUT2D eigenvalue weighted by atomic mass is 16.3. The van der Waals surface area contributed by atoms with E-state index in [4.69, 9.17) is 0 Å². The van der Waals surface area contributed by atoms with Gasteiger partial charge in [-0.25, -0.2) is 9.78 Å². The molecule has 0 aliphatic carbocycles. The summed E-state index contributed by atoms with van der Waals surface area (Å²) >= 11 is 0. The van der Waals surface area contributed by atoms with Gasteiger partial charge in [-0.3, -0.25) is 13.9 Å². The number of β-amino-alcohol motifs (C(OH)–C–C–N with tert-alkyl or cyclic N) is 1. The molecule has 120 valence electrons. The van der Waals surface area contributed by atoms with Gasteiger partial charge in [-0.2, -0.15) is 0 Å². The van der Waals surface area contributed by atoms with Crippen LogP contribution in [0.2, 0.25) is 0 Å². The van der Waals surface area contributed by atoms with E-state index >= 15 is 0 Å². The Kier molecular flexibility index (Phi) is 3.42. The molecule has 0 saturated carbocycles. The molecule has 1 aliphatic rings. The van der Waals surface area contributed by atoms with Crippen molar-refractivity contribution in [3.63, 3.8) is 0 Å². The Morgan fingerprint density at radius 2 is 2.14 bits per heavy atom. The minimum Gasteiger partial charge on any atom is -0.389 e. The second-order valence-corrected chi connectivity index (χ2v) is 5.82. The minimum atomic E-state index is -1.33.